The maximum absolute atomic E-state index is 13.5. The summed E-state index contributed by atoms with van der Waals surface area (Å²) in [4.78, 5) is 18.0. The Morgan fingerprint density at radius 3 is 2.64 bits per heavy atom. The molecule has 12 heteroatoms. The zero-order valence-corrected chi connectivity index (χ0v) is 23.2. The maximum Gasteiger partial charge on any atom is 0.301 e. The molecule has 1 fully saturated rings. The van der Waals surface area contributed by atoms with Crippen LogP contribution in [0.15, 0.2) is 59.8 Å². The molecule has 3 heterocycles. The van der Waals surface area contributed by atoms with Crippen molar-refractivity contribution in [3.8, 4) is 11.1 Å². The third-order valence-electron chi connectivity index (χ3n) is 5.92. The number of rotatable bonds is 6. The number of pyridine rings is 1. The fourth-order valence-corrected chi connectivity index (χ4v) is 4.99. The molecule has 0 spiro atoms. The van der Waals surface area contributed by atoms with Gasteiger partial charge >= 0.3 is 10.2 Å². The van der Waals surface area contributed by atoms with E-state index in [0.29, 0.717) is 41.5 Å². The predicted molar refractivity (Wildman–Crippen MR) is 139 cm³/mol. The summed E-state index contributed by atoms with van der Waals surface area (Å²) in [5.41, 5.74) is 2.23. The molecule has 0 amide bonds. The SMILES string of the molecule is CN(C[C@@H]1COCCO1)S(=O)(=O)Nc1ccc2ccc3ncc(-c4cnn(C)c4)cc3c(=O)c2c1.[Na]. The first kappa shape index (κ1) is 26.7. The summed E-state index contributed by atoms with van der Waals surface area (Å²) in [6.07, 6.45) is 4.94. The fourth-order valence-electron chi connectivity index (χ4n) is 4.05. The first-order valence-corrected chi connectivity index (χ1v) is 12.5. The summed E-state index contributed by atoms with van der Waals surface area (Å²) in [5, 5.41) is 5.69. The van der Waals surface area contributed by atoms with Crippen molar-refractivity contribution in [3.05, 3.63) is 65.2 Å². The van der Waals surface area contributed by atoms with Gasteiger partial charge in [0.15, 0.2) is 5.43 Å². The standard InChI is InChI=1S/C24H25N5O5S.Na/c1-28-13-18(12-26-28)17-9-22-23(25-11-17)6-4-16-3-5-19(10-21(16)24(22)30)27-35(31,32)29(2)14-20-15-33-7-8-34-20;/h3-6,9-13,20,27H,7-8,14-15H2,1-2H3;/t20-;/m1./s1. The molecule has 1 saturated heterocycles. The number of hydrogen-bond acceptors (Lipinski definition) is 7. The smallest absolute Gasteiger partial charge is 0.301 e. The first-order valence-electron chi connectivity index (χ1n) is 11.1. The van der Waals surface area contributed by atoms with Gasteiger partial charge in [-0.1, -0.05) is 12.1 Å². The van der Waals surface area contributed by atoms with Crippen LogP contribution in [0.4, 0.5) is 5.69 Å². The van der Waals surface area contributed by atoms with E-state index in [1.807, 2.05) is 13.2 Å². The largest absolute Gasteiger partial charge is 0.376 e. The van der Waals surface area contributed by atoms with E-state index in [0.717, 1.165) is 11.1 Å². The van der Waals surface area contributed by atoms with E-state index in [9.17, 15) is 13.2 Å². The molecule has 10 nitrogen and oxygen atoms in total. The van der Waals surface area contributed by atoms with Gasteiger partial charge in [-0.25, -0.2) is 0 Å². The average molecular weight is 519 g/mol. The number of likely N-dealkylation sites (N-methyl/N-ethyl adjacent to an activating group) is 1. The Bertz CT molecular complexity index is 1570. The Labute approximate surface area is 230 Å². The Hall–Kier alpha value is -2.38. The monoisotopic (exact) mass is 518 g/mol. The van der Waals surface area contributed by atoms with Crippen LogP contribution in [0.2, 0.25) is 0 Å². The molecule has 1 atom stereocenters. The van der Waals surface area contributed by atoms with Crippen LogP contribution in [0.3, 0.4) is 0 Å². The van der Waals surface area contributed by atoms with Crippen molar-refractivity contribution in [3.63, 3.8) is 0 Å². The van der Waals surface area contributed by atoms with E-state index in [-0.39, 0.29) is 53.3 Å². The number of benzene rings is 1. The summed E-state index contributed by atoms with van der Waals surface area (Å²) >= 11 is 0. The van der Waals surface area contributed by atoms with E-state index in [1.54, 1.807) is 53.5 Å². The second-order valence-electron chi connectivity index (χ2n) is 8.48. The van der Waals surface area contributed by atoms with Crippen LogP contribution >= 0.6 is 0 Å². The van der Waals surface area contributed by atoms with Crippen LogP contribution in [0.25, 0.3) is 32.8 Å². The summed E-state index contributed by atoms with van der Waals surface area (Å²) in [5.74, 6) is 0. The van der Waals surface area contributed by atoms with Gasteiger partial charge in [0.05, 0.1) is 43.3 Å². The molecular formula is C24H25N5NaO5S. The van der Waals surface area contributed by atoms with E-state index < -0.39 is 10.2 Å². The zero-order chi connectivity index (χ0) is 24.6. The van der Waals surface area contributed by atoms with E-state index in [1.165, 1.54) is 11.4 Å². The van der Waals surface area contributed by atoms with Crippen LogP contribution in [-0.2, 0) is 26.7 Å². The Morgan fingerprint density at radius 1 is 1.11 bits per heavy atom. The molecule has 0 bridgehead atoms. The summed E-state index contributed by atoms with van der Waals surface area (Å²) in [7, 11) is -0.578. The molecule has 2 aromatic carbocycles. The summed E-state index contributed by atoms with van der Waals surface area (Å²) in [6.45, 7) is 1.43. The molecule has 1 aliphatic rings. The van der Waals surface area contributed by atoms with E-state index in [4.69, 9.17) is 9.47 Å². The second-order valence-corrected chi connectivity index (χ2v) is 10.3. The Balaban J connectivity index is 0.00000304. The van der Waals surface area contributed by atoms with Crippen molar-refractivity contribution in [1.82, 2.24) is 19.1 Å². The number of aryl methyl sites for hydroxylation is 1. The van der Waals surface area contributed by atoms with Gasteiger partial charge < -0.3 is 9.47 Å². The van der Waals surface area contributed by atoms with Crippen LogP contribution in [0.1, 0.15) is 0 Å². The molecule has 36 heavy (non-hydrogen) atoms. The normalized spacial score (nSPS) is 16.2. The number of nitrogens with zero attached hydrogens (tertiary/aromatic N) is 4. The van der Waals surface area contributed by atoms with E-state index in [2.05, 4.69) is 14.8 Å². The second kappa shape index (κ2) is 10.9. The number of hydrogen-bond donors (Lipinski definition) is 1. The van der Waals surface area contributed by atoms with Crippen molar-refractivity contribution in [2.45, 2.75) is 6.10 Å². The van der Waals surface area contributed by atoms with Gasteiger partial charge in [-0.15, -0.1) is 0 Å². The predicted octanol–water partition coefficient (Wildman–Crippen LogP) is 1.77. The minimum atomic E-state index is -3.87. The summed E-state index contributed by atoms with van der Waals surface area (Å²) < 4.78 is 42.1. The molecule has 0 unspecified atom stereocenters. The summed E-state index contributed by atoms with van der Waals surface area (Å²) in [6, 6.07) is 10.3. The van der Waals surface area contributed by atoms with Gasteiger partial charge in [0, 0.05) is 84.5 Å². The van der Waals surface area contributed by atoms with Crippen LogP contribution in [-0.4, -0.2) is 96.6 Å². The van der Waals surface area contributed by atoms with Crippen molar-refractivity contribution >= 4 is 67.1 Å². The number of nitrogens with one attached hydrogen (secondary N) is 1. The molecule has 0 aliphatic carbocycles. The van der Waals surface area contributed by atoms with Crippen LogP contribution in [0, 0.1) is 0 Å². The van der Waals surface area contributed by atoms with Crippen molar-refractivity contribution in [2.75, 3.05) is 38.1 Å². The molecule has 0 saturated carbocycles. The molecule has 1 aliphatic heterocycles. The Morgan fingerprint density at radius 2 is 1.92 bits per heavy atom. The Kier molecular flexibility index (Phi) is 8.10. The van der Waals surface area contributed by atoms with Gasteiger partial charge in [0.25, 0.3) is 0 Å². The van der Waals surface area contributed by atoms with Crippen LogP contribution in [0.5, 0.6) is 0 Å². The van der Waals surface area contributed by atoms with Gasteiger partial charge in [-0.05, 0) is 29.7 Å². The van der Waals surface area contributed by atoms with Crippen LogP contribution < -0.4 is 10.2 Å². The van der Waals surface area contributed by atoms with Crippen molar-refractivity contribution in [1.29, 1.82) is 0 Å². The topological polar surface area (TPSA) is 116 Å². The van der Waals surface area contributed by atoms with E-state index >= 15 is 0 Å². The number of fused-ring (bicyclic) bond motifs is 2. The molecule has 5 rings (SSSR count). The first-order chi connectivity index (χ1) is 16.8. The molecule has 4 aromatic rings. The molecule has 2 aromatic heterocycles. The number of aromatic nitrogens is 3. The fraction of sp³-hybridized carbons (Fsp3) is 0.292. The molecule has 1 N–H and O–H groups in total. The van der Waals surface area contributed by atoms with Gasteiger partial charge in [-0.2, -0.15) is 17.8 Å². The van der Waals surface area contributed by atoms with Crippen molar-refractivity contribution in [2.24, 2.45) is 7.05 Å². The van der Waals surface area contributed by atoms with Crippen molar-refractivity contribution < 1.29 is 17.9 Å². The quantitative estimate of drug-likeness (QED) is 0.387. The molecular weight excluding hydrogens is 493 g/mol. The average Bonchev–Trinajstić information content (AvgIpc) is 3.23. The van der Waals surface area contributed by atoms with Gasteiger partial charge in [0.1, 0.15) is 0 Å². The molecule has 1 radical (unpaired) electrons. The number of ether oxygens (including phenoxy) is 2. The van der Waals surface area contributed by atoms with Gasteiger partial charge in [-0.3, -0.25) is 19.2 Å². The maximum atomic E-state index is 13.5. The molecule has 183 valence electrons. The third-order valence-corrected chi connectivity index (χ3v) is 7.39. The number of anilines is 1. The minimum Gasteiger partial charge on any atom is -0.376 e. The van der Waals surface area contributed by atoms with Gasteiger partial charge in [0.2, 0.25) is 0 Å². The minimum absolute atomic E-state index is 0. The zero-order valence-electron chi connectivity index (χ0n) is 20.3. The third kappa shape index (κ3) is 5.62.